The molecule has 0 saturated carbocycles. The molecule has 1 rings (SSSR count). The van der Waals surface area contributed by atoms with Gasteiger partial charge in [0.05, 0.1) is 6.42 Å². The molecule has 3 nitrogen and oxygen atoms in total. The number of hydrogen-bond donors (Lipinski definition) is 2. The van der Waals surface area contributed by atoms with E-state index >= 15 is 0 Å². The van der Waals surface area contributed by atoms with Gasteiger partial charge in [-0.2, -0.15) is 0 Å². The molecule has 0 fully saturated rings. The molecule has 0 aliphatic heterocycles. The minimum atomic E-state index is -0.939. The Morgan fingerprint density at radius 3 is 2.80 bits per heavy atom. The number of hydrogen-bond acceptors (Lipinski definition) is 2. The van der Waals surface area contributed by atoms with Crippen LogP contribution in [-0.2, 0) is 4.79 Å². The summed E-state index contributed by atoms with van der Waals surface area (Å²) in [5, 5.41) is 8.58. The number of nitrogens with two attached hydrogens (primary N) is 1. The largest absolute Gasteiger partial charge is 0.481 e. The SMILES string of the molecule is CC(c1cccc(F)c1)C(N)CC(=O)O. The van der Waals surface area contributed by atoms with Crippen molar-refractivity contribution in [3.05, 3.63) is 35.6 Å². The average Bonchev–Trinajstić information content (AvgIpc) is 2.15. The van der Waals surface area contributed by atoms with E-state index in [2.05, 4.69) is 0 Å². The van der Waals surface area contributed by atoms with Gasteiger partial charge in [0, 0.05) is 6.04 Å². The highest BCUT2D eigenvalue weighted by Crippen LogP contribution is 2.20. The first-order valence-corrected chi connectivity index (χ1v) is 4.73. The van der Waals surface area contributed by atoms with Gasteiger partial charge in [0.1, 0.15) is 5.82 Å². The second kappa shape index (κ2) is 4.89. The Labute approximate surface area is 87.7 Å². The van der Waals surface area contributed by atoms with Crippen molar-refractivity contribution in [3.8, 4) is 0 Å². The highest BCUT2D eigenvalue weighted by atomic mass is 19.1. The van der Waals surface area contributed by atoms with Crippen molar-refractivity contribution < 1.29 is 14.3 Å². The van der Waals surface area contributed by atoms with Crippen molar-refractivity contribution in [1.82, 2.24) is 0 Å². The fourth-order valence-corrected chi connectivity index (χ4v) is 1.42. The molecule has 2 unspecified atom stereocenters. The Bertz CT molecular complexity index is 354. The molecule has 1 aromatic rings. The van der Waals surface area contributed by atoms with Gasteiger partial charge in [-0.05, 0) is 23.6 Å². The van der Waals surface area contributed by atoms with E-state index in [-0.39, 0.29) is 18.2 Å². The summed E-state index contributed by atoms with van der Waals surface area (Å²) >= 11 is 0. The first-order chi connectivity index (χ1) is 7.00. The van der Waals surface area contributed by atoms with Gasteiger partial charge in [-0.3, -0.25) is 4.79 Å². The summed E-state index contributed by atoms with van der Waals surface area (Å²) in [4.78, 5) is 10.5. The molecule has 0 aromatic heterocycles. The predicted molar refractivity (Wildman–Crippen MR) is 55.0 cm³/mol. The molecule has 1 aromatic carbocycles. The van der Waals surface area contributed by atoms with Crippen LogP contribution in [0.25, 0.3) is 0 Å². The minimum Gasteiger partial charge on any atom is -0.481 e. The number of benzene rings is 1. The van der Waals surface area contributed by atoms with Crippen LogP contribution in [-0.4, -0.2) is 17.1 Å². The van der Waals surface area contributed by atoms with Crippen molar-refractivity contribution in [2.24, 2.45) is 5.73 Å². The third kappa shape index (κ3) is 3.32. The van der Waals surface area contributed by atoms with Crippen LogP contribution >= 0.6 is 0 Å². The lowest BCUT2D eigenvalue weighted by Crippen LogP contribution is -2.29. The summed E-state index contributed by atoms with van der Waals surface area (Å²) in [7, 11) is 0. The molecule has 0 spiro atoms. The molecular formula is C11H14FNO2. The van der Waals surface area contributed by atoms with Crippen LogP contribution in [0.4, 0.5) is 4.39 Å². The Hall–Kier alpha value is -1.42. The van der Waals surface area contributed by atoms with Gasteiger partial charge >= 0.3 is 5.97 Å². The number of halogens is 1. The quantitative estimate of drug-likeness (QED) is 0.797. The summed E-state index contributed by atoms with van der Waals surface area (Å²) in [5.74, 6) is -1.44. The molecule has 15 heavy (non-hydrogen) atoms. The molecule has 2 atom stereocenters. The number of carboxylic acid groups (broad SMARTS) is 1. The van der Waals surface area contributed by atoms with E-state index in [9.17, 15) is 9.18 Å². The molecule has 0 amide bonds. The molecule has 4 heteroatoms. The third-order valence-corrected chi connectivity index (χ3v) is 2.43. The van der Waals surface area contributed by atoms with E-state index in [1.807, 2.05) is 0 Å². The lowest BCUT2D eigenvalue weighted by atomic mass is 9.92. The number of aliphatic carboxylic acids is 1. The average molecular weight is 211 g/mol. The number of carbonyl (C=O) groups is 1. The van der Waals surface area contributed by atoms with Gasteiger partial charge in [-0.15, -0.1) is 0 Å². The number of carboxylic acids is 1. The standard InChI is InChI=1S/C11H14FNO2/c1-7(10(13)6-11(14)15)8-3-2-4-9(12)5-8/h2-5,7,10H,6,13H2,1H3,(H,14,15). The van der Waals surface area contributed by atoms with Crippen LogP contribution in [0.2, 0.25) is 0 Å². The Kier molecular flexibility index (Phi) is 3.80. The molecule has 0 bridgehead atoms. The topological polar surface area (TPSA) is 63.3 Å². The zero-order valence-electron chi connectivity index (χ0n) is 8.48. The van der Waals surface area contributed by atoms with Gasteiger partial charge in [0.2, 0.25) is 0 Å². The number of rotatable bonds is 4. The maximum Gasteiger partial charge on any atom is 0.304 e. The lowest BCUT2D eigenvalue weighted by molar-refractivity contribution is -0.137. The zero-order chi connectivity index (χ0) is 11.4. The van der Waals surface area contributed by atoms with Crippen molar-refractivity contribution in [1.29, 1.82) is 0 Å². The highest BCUT2D eigenvalue weighted by Gasteiger charge is 2.17. The van der Waals surface area contributed by atoms with E-state index in [1.54, 1.807) is 19.1 Å². The van der Waals surface area contributed by atoms with Crippen molar-refractivity contribution in [2.45, 2.75) is 25.3 Å². The van der Waals surface area contributed by atoms with Crippen molar-refractivity contribution >= 4 is 5.97 Å². The maximum absolute atomic E-state index is 12.9. The normalized spacial score (nSPS) is 14.6. The second-order valence-corrected chi connectivity index (χ2v) is 3.61. The van der Waals surface area contributed by atoms with Crippen LogP contribution in [0.1, 0.15) is 24.8 Å². The van der Waals surface area contributed by atoms with E-state index in [0.29, 0.717) is 0 Å². The molecule has 0 aliphatic carbocycles. The fraction of sp³-hybridized carbons (Fsp3) is 0.364. The Morgan fingerprint density at radius 2 is 2.27 bits per heavy atom. The van der Waals surface area contributed by atoms with E-state index < -0.39 is 12.0 Å². The van der Waals surface area contributed by atoms with E-state index in [4.69, 9.17) is 10.8 Å². The van der Waals surface area contributed by atoms with Crippen LogP contribution in [0.3, 0.4) is 0 Å². The van der Waals surface area contributed by atoms with Gasteiger partial charge in [0.25, 0.3) is 0 Å². The summed E-state index contributed by atoms with van der Waals surface area (Å²) in [6.45, 7) is 1.79. The van der Waals surface area contributed by atoms with Crippen molar-refractivity contribution in [3.63, 3.8) is 0 Å². The van der Waals surface area contributed by atoms with Crippen LogP contribution in [0.15, 0.2) is 24.3 Å². The molecular weight excluding hydrogens is 197 g/mol. The van der Waals surface area contributed by atoms with Gasteiger partial charge in [-0.1, -0.05) is 19.1 Å². The van der Waals surface area contributed by atoms with Gasteiger partial charge in [0.15, 0.2) is 0 Å². The molecule has 0 saturated heterocycles. The molecule has 0 radical (unpaired) electrons. The zero-order valence-corrected chi connectivity index (χ0v) is 8.48. The Balaban J connectivity index is 2.75. The van der Waals surface area contributed by atoms with E-state index in [1.165, 1.54) is 12.1 Å². The Morgan fingerprint density at radius 1 is 1.60 bits per heavy atom. The van der Waals surface area contributed by atoms with Crippen LogP contribution in [0.5, 0.6) is 0 Å². The van der Waals surface area contributed by atoms with Gasteiger partial charge in [-0.25, -0.2) is 4.39 Å². The molecule has 0 heterocycles. The predicted octanol–water partition coefficient (Wildman–Crippen LogP) is 1.73. The molecule has 82 valence electrons. The second-order valence-electron chi connectivity index (χ2n) is 3.61. The van der Waals surface area contributed by atoms with Crippen molar-refractivity contribution in [2.75, 3.05) is 0 Å². The summed E-state index contributed by atoms with van der Waals surface area (Å²) in [5.41, 5.74) is 6.42. The molecule has 0 aliphatic rings. The highest BCUT2D eigenvalue weighted by molar-refractivity contribution is 5.67. The van der Waals surface area contributed by atoms with Crippen LogP contribution in [0, 0.1) is 5.82 Å². The fourth-order valence-electron chi connectivity index (χ4n) is 1.42. The summed E-state index contributed by atoms with van der Waals surface area (Å²) in [6, 6.07) is 5.57. The first kappa shape index (κ1) is 11.7. The monoisotopic (exact) mass is 211 g/mol. The minimum absolute atomic E-state index is 0.113. The summed E-state index contributed by atoms with van der Waals surface area (Å²) < 4.78 is 12.9. The lowest BCUT2D eigenvalue weighted by Gasteiger charge is -2.18. The maximum atomic E-state index is 12.9. The summed E-state index contributed by atoms with van der Waals surface area (Å²) in [6.07, 6.45) is -0.113. The molecule has 3 N–H and O–H groups in total. The first-order valence-electron chi connectivity index (χ1n) is 4.73. The van der Waals surface area contributed by atoms with E-state index in [0.717, 1.165) is 5.56 Å². The van der Waals surface area contributed by atoms with Crippen LogP contribution < -0.4 is 5.73 Å². The third-order valence-electron chi connectivity index (χ3n) is 2.43. The smallest absolute Gasteiger partial charge is 0.304 e. The van der Waals surface area contributed by atoms with Gasteiger partial charge < -0.3 is 10.8 Å².